The number of H-pyrrole nitrogens is 1. The molecule has 0 aromatic carbocycles. The van der Waals surface area contributed by atoms with E-state index in [4.69, 9.17) is 0 Å². The molecule has 0 bridgehead atoms. The molecule has 1 rings (SSSR count). The summed E-state index contributed by atoms with van der Waals surface area (Å²) in [6.45, 7) is 0. The van der Waals surface area contributed by atoms with Crippen molar-refractivity contribution in [2.45, 2.75) is 50.1 Å². The van der Waals surface area contributed by atoms with E-state index in [0.29, 0.717) is 0 Å². The van der Waals surface area contributed by atoms with Gasteiger partial charge in [-0.05, 0) is 12.8 Å². The number of thioether (sulfide) groups is 1. The van der Waals surface area contributed by atoms with Gasteiger partial charge in [-0.3, -0.25) is 4.57 Å². The first-order valence-electron chi connectivity index (χ1n) is 6.56. The maximum atomic E-state index is 11.1. The van der Waals surface area contributed by atoms with Crippen LogP contribution in [0.2, 0.25) is 0 Å². The van der Waals surface area contributed by atoms with E-state index >= 15 is 0 Å². The second-order valence-electron chi connectivity index (χ2n) is 4.38. The largest absolute Gasteiger partial charge is 0.343 e. The number of hydrogen-bond donors (Lipinski definition) is 1. The first-order chi connectivity index (χ1) is 8.75. The average molecular weight is 336 g/mol. The highest BCUT2D eigenvalue weighted by Crippen LogP contribution is 2.15. The lowest BCUT2D eigenvalue weighted by atomic mass is 10.1. The number of nitrogens with zero attached hydrogens (tertiary/aromatic N) is 2. The molecule has 1 aromatic rings. The van der Waals surface area contributed by atoms with Crippen LogP contribution in [0.3, 0.4) is 0 Å². The highest BCUT2D eigenvalue weighted by atomic mass is 79.9. The van der Waals surface area contributed by atoms with Crippen LogP contribution in [0.4, 0.5) is 0 Å². The molecule has 0 amide bonds. The molecule has 6 heteroatoms. The standard InChI is InChI=1S/C12H22BrN3OS/c1-16-11(17)14-15-12(16)18-10-8-6-4-2-3-5-7-9-13/h2-10H2,1H3,(H,14,17). The third kappa shape index (κ3) is 6.09. The summed E-state index contributed by atoms with van der Waals surface area (Å²) in [6.07, 6.45) is 9.13. The van der Waals surface area contributed by atoms with Crippen LogP contribution in [-0.2, 0) is 7.05 Å². The number of alkyl halides is 1. The van der Waals surface area contributed by atoms with Gasteiger partial charge in [0.2, 0.25) is 0 Å². The summed E-state index contributed by atoms with van der Waals surface area (Å²) in [5, 5.41) is 8.34. The van der Waals surface area contributed by atoms with Crippen LogP contribution < -0.4 is 5.69 Å². The van der Waals surface area contributed by atoms with Crippen molar-refractivity contribution in [3.8, 4) is 0 Å². The van der Waals surface area contributed by atoms with Crippen LogP contribution in [0.1, 0.15) is 44.9 Å². The Balaban J connectivity index is 1.96. The van der Waals surface area contributed by atoms with Crippen molar-refractivity contribution in [3.63, 3.8) is 0 Å². The fourth-order valence-electron chi connectivity index (χ4n) is 1.71. The Morgan fingerprint density at radius 3 is 2.33 bits per heavy atom. The van der Waals surface area contributed by atoms with Crippen LogP contribution in [0.5, 0.6) is 0 Å². The number of nitrogens with one attached hydrogen (secondary N) is 1. The van der Waals surface area contributed by atoms with Crippen molar-refractivity contribution in [3.05, 3.63) is 10.5 Å². The summed E-state index contributed by atoms with van der Waals surface area (Å²) in [5.74, 6) is 1.04. The van der Waals surface area contributed by atoms with Crippen LogP contribution in [-0.4, -0.2) is 25.8 Å². The number of aromatic amines is 1. The smallest absolute Gasteiger partial charge is 0.273 e. The molecule has 0 atom stereocenters. The van der Waals surface area contributed by atoms with Gasteiger partial charge in [0.1, 0.15) is 0 Å². The molecular weight excluding hydrogens is 314 g/mol. The number of aromatic nitrogens is 3. The van der Waals surface area contributed by atoms with Crippen molar-refractivity contribution in [2.75, 3.05) is 11.1 Å². The predicted octanol–water partition coefficient (Wildman–Crippen LogP) is 3.33. The Morgan fingerprint density at radius 1 is 1.17 bits per heavy atom. The maximum absolute atomic E-state index is 11.1. The Hall–Kier alpha value is -0.230. The Labute approximate surface area is 121 Å². The van der Waals surface area contributed by atoms with E-state index in [-0.39, 0.29) is 5.69 Å². The molecule has 0 unspecified atom stereocenters. The van der Waals surface area contributed by atoms with Gasteiger partial charge in [0.25, 0.3) is 0 Å². The monoisotopic (exact) mass is 335 g/mol. The summed E-state index contributed by atoms with van der Waals surface area (Å²) in [5.41, 5.74) is -0.135. The molecule has 104 valence electrons. The summed E-state index contributed by atoms with van der Waals surface area (Å²) < 4.78 is 1.56. The van der Waals surface area contributed by atoms with E-state index in [1.807, 2.05) is 0 Å². The average Bonchev–Trinajstić information content (AvgIpc) is 2.68. The fraction of sp³-hybridized carbons (Fsp3) is 0.833. The Morgan fingerprint density at radius 2 is 1.78 bits per heavy atom. The SMILES string of the molecule is Cn1c(SCCCCCCCCCBr)n[nH]c1=O. The third-order valence-corrected chi connectivity index (χ3v) is 4.52. The minimum Gasteiger partial charge on any atom is -0.273 e. The molecule has 0 spiro atoms. The van der Waals surface area contributed by atoms with E-state index in [2.05, 4.69) is 26.1 Å². The zero-order valence-corrected chi connectivity index (χ0v) is 13.4. The van der Waals surface area contributed by atoms with Crippen LogP contribution in [0.15, 0.2) is 9.95 Å². The zero-order chi connectivity index (χ0) is 13.2. The normalized spacial score (nSPS) is 11.0. The molecule has 0 saturated carbocycles. The van der Waals surface area contributed by atoms with Crippen molar-refractivity contribution < 1.29 is 0 Å². The van der Waals surface area contributed by atoms with Gasteiger partial charge in [0.15, 0.2) is 5.16 Å². The second kappa shape index (κ2) is 9.67. The van der Waals surface area contributed by atoms with Crippen LogP contribution in [0, 0.1) is 0 Å². The zero-order valence-electron chi connectivity index (χ0n) is 11.0. The molecule has 0 aliphatic carbocycles. The third-order valence-electron chi connectivity index (χ3n) is 2.85. The number of halogens is 1. The lowest BCUT2D eigenvalue weighted by Gasteiger charge is -2.01. The maximum Gasteiger partial charge on any atom is 0.343 e. The summed E-state index contributed by atoms with van der Waals surface area (Å²) in [7, 11) is 1.75. The Kier molecular flexibility index (Phi) is 8.50. The van der Waals surface area contributed by atoms with E-state index in [9.17, 15) is 4.79 Å². The lowest BCUT2D eigenvalue weighted by molar-refractivity contribution is 0.605. The van der Waals surface area contributed by atoms with Crippen LogP contribution in [0.25, 0.3) is 0 Å². The molecule has 0 aliphatic rings. The number of hydrogen-bond acceptors (Lipinski definition) is 3. The number of unbranched alkanes of at least 4 members (excludes halogenated alkanes) is 6. The highest BCUT2D eigenvalue weighted by Gasteiger charge is 2.03. The lowest BCUT2D eigenvalue weighted by Crippen LogP contribution is -2.12. The van der Waals surface area contributed by atoms with E-state index < -0.39 is 0 Å². The molecule has 1 heterocycles. The van der Waals surface area contributed by atoms with Gasteiger partial charge >= 0.3 is 5.69 Å². The quantitative estimate of drug-likeness (QED) is 0.405. The fourth-order valence-corrected chi connectivity index (χ4v) is 3.02. The molecule has 0 fully saturated rings. The van der Waals surface area contributed by atoms with Crippen molar-refractivity contribution in [1.82, 2.24) is 14.8 Å². The molecule has 0 saturated heterocycles. The Bertz CT molecular complexity index is 378. The minimum absolute atomic E-state index is 0.135. The molecular formula is C12H22BrN3OS. The molecule has 4 nitrogen and oxygen atoms in total. The first kappa shape index (κ1) is 15.8. The molecule has 0 radical (unpaired) electrons. The van der Waals surface area contributed by atoms with E-state index in [1.165, 1.54) is 44.9 Å². The minimum atomic E-state index is -0.135. The van der Waals surface area contributed by atoms with E-state index in [1.54, 1.807) is 23.4 Å². The summed E-state index contributed by atoms with van der Waals surface area (Å²) in [6, 6.07) is 0. The number of rotatable bonds is 10. The topological polar surface area (TPSA) is 50.7 Å². The summed E-state index contributed by atoms with van der Waals surface area (Å²) >= 11 is 5.10. The van der Waals surface area contributed by atoms with Gasteiger partial charge in [-0.25, -0.2) is 9.89 Å². The van der Waals surface area contributed by atoms with Gasteiger partial charge in [-0.2, -0.15) is 0 Å². The summed E-state index contributed by atoms with van der Waals surface area (Å²) in [4.78, 5) is 11.1. The van der Waals surface area contributed by atoms with Gasteiger partial charge in [0, 0.05) is 18.1 Å². The van der Waals surface area contributed by atoms with Crippen molar-refractivity contribution >= 4 is 27.7 Å². The predicted molar refractivity (Wildman–Crippen MR) is 80.7 cm³/mol. The van der Waals surface area contributed by atoms with Gasteiger partial charge in [-0.15, -0.1) is 5.10 Å². The second-order valence-corrected chi connectivity index (χ2v) is 6.24. The molecule has 1 aromatic heterocycles. The van der Waals surface area contributed by atoms with E-state index in [0.717, 1.165) is 16.2 Å². The first-order valence-corrected chi connectivity index (χ1v) is 8.66. The molecule has 0 aliphatic heterocycles. The van der Waals surface area contributed by atoms with Crippen LogP contribution >= 0.6 is 27.7 Å². The van der Waals surface area contributed by atoms with Gasteiger partial charge < -0.3 is 0 Å². The van der Waals surface area contributed by atoms with Gasteiger partial charge in [0.05, 0.1) is 0 Å². The van der Waals surface area contributed by atoms with Gasteiger partial charge in [-0.1, -0.05) is 59.8 Å². The van der Waals surface area contributed by atoms with Crippen molar-refractivity contribution in [2.24, 2.45) is 7.05 Å². The molecule has 1 N–H and O–H groups in total. The van der Waals surface area contributed by atoms with Crippen molar-refractivity contribution in [1.29, 1.82) is 0 Å². The molecule has 18 heavy (non-hydrogen) atoms. The highest BCUT2D eigenvalue weighted by molar-refractivity contribution is 9.09.